The van der Waals surface area contributed by atoms with E-state index in [9.17, 15) is 5.11 Å². The molecule has 1 aromatic carbocycles. The Hall–Kier alpha value is -0.995. The van der Waals surface area contributed by atoms with Gasteiger partial charge in [0.05, 0.1) is 11.2 Å². The summed E-state index contributed by atoms with van der Waals surface area (Å²) in [6, 6.07) is 4.00. The molecule has 0 bridgehead atoms. The summed E-state index contributed by atoms with van der Waals surface area (Å²) in [5.41, 5.74) is 1.88. The smallest absolute Gasteiger partial charge is 0.498 e. The highest BCUT2D eigenvalue weighted by Gasteiger charge is 2.52. The Bertz CT molecular complexity index is 505. The minimum atomic E-state index is -0.515. The second-order valence-corrected chi connectivity index (χ2v) is 6.98. The van der Waals surface area contributed by atoms with E-state index in [0.29, 0.717) is 5.75 Å². The first-order valence-electron chi connectivity index (χ1n) is 7.25. The molecule has 110 valence electrons. The number of phenols is 1. The van der Waals surface area contributed by atoms with Crippen LogP contribution in [0.5, 0.6) is 5.75 Å². The van der Waals surface area contributed by atoms with Gasteiger partial charge in [0.1, 0.15) is 5.75 Å². The molecule has 1 heterocycles. The van der Waals surface area contributed by atoms with Crippen LogP contribution in [0.3, 0.4) is 0 Å². The molecule has 1 saturated heterocycles. The summed E-state index contributed by atoms with van der Waals surface area (Å²) in [6.07, 6.45) is 0. The van der Waals surface area contributed by atoms with E-state index in [0.717, 1.165) is 16.6 Å². The average Bonchev–Trinajstić information content (AvgIpc) is 2.47. The minimum absolute atomic E-state index is 0.261. The van der Waals surface area contributed by atoms with Crippen molar-refractivity contribution in [2.45, 2.75) is 65.6 Å². The lowest BCUT2D eigenvalue weighted by Gasteiger charge is -2.32. The standard InChI is InChI=1S/C16H25BO3/c1-10(2)12-9-8-11(3)13(14(12)18)17-19-15(4,5)16(6,7)20-17/h8-10,18H,1-7H3. The zero-order chi connectivity index (χ0) is 15.3. The van der Waals surface area contributed by atoms with Crippen molar-refractivity contribution in [3.05, 3.63) is 23.3 Å². The molecule has 4 heteroatoms. The quantitative estimate of drug-likeness (QED) is 0.843. The van der Waals surface area contributed by atoms with Crippen molar-refractivity contribution in [1.82, 2.24) is 0 Å². The van der Waals surface area contributed by atoms with Crippen LogP contribution in [0.2, 0.25) is 0 Å². The third kappa shape index (κ3) is 2.36. The van der Waals surface area contributed by atoms with Gasteiger partial charge < -0.3 is 14.4 Å². The third-order valence-electron chi connectivity index (χ3n) is 4.58. The first-order valence-corrected chi connectivity index (χ1v) is 7.25. The zero-order valence-corrected chi connectivity index (χ0v) is 13.6. The average molecular weight is 276 g/mol. The van der Waals surface area contributed by atoms with Crippen LogP contribution in [0.15, 0.2) is 12.1 Å². The Morgan fingerprint density at radius 3 is 2.00 bits per heavy atom. The molecule has 1 fully saturated rings. The molecule has 3 nitrogen and oxygen atoms in total. The van der Waals surface area contributed by atoms with E-state index in [-0.39, 0.29) is 5.92 Å². The second kappa shape index (κ2) is 4.78. The summed E-state index contributed by atoms with van der Waals surface area (Å²) < 4.78 is 12.1. The van der Waals surface area contributed by atoms with Crippen LogP contribution in [-0.2, 0) is 9.31 Å². The maximum absolute atomic E-state index is 10.6. The Kier molecular flexibility index (Phi) is 3.68. The summed E-state index contributed by atoms with van der Waals surface area (Å²) >= 11 is 0. The summed E-state index contributed by atoms with van der Waals surface area (Å²) in [7, 11) is -0.515. The van der Waals surface area contributed by atoms with Crippen LogP contribution in [0.4, 0.5) is 0 Å². The van der Waals surface area contributed by atoms with E-state index in [1.165, 1.54) is 0 Å². The van der Waals surface area contributed by atoms with Crippen LogP contribution < -0.4 is 5.46 Å². The van der Waals surface area contributed by atoms with Crippen LogP contribution in [0, 0.1) is 6.92 Å². The van der Waals surface area contributed by atoms with E-state index in [1.54, 1.807) is 0 Å². The summed E-state index contributed by atoms with van der Waals surface area (Å²) in [6.45, 7) is 14.2. The summed E-state index contributed by atoms with van der Waals surface area (Å²) in [5, 5.41) is 10.6. The number of benzene rings is 1. The van der Waals surface area contributed by atoms with Crippen molar-refractivity contribution in [3.8, 4) is 5.75 Å². The number of aromatic hydroxyl groups is 1. The number of phenolic OH excluding ortho intramolecular Hbond substituents is 1. The molecule has 0 atom stereocenters. The molecule has 1 N–H and O–H groups in total. The largest absolute Gasteiger partial charge is 0.508 e. The summed E-state index contributed by atoms with van der Waals surface area (Å²) in [5.74, 6) is 0.565. The van der Waals surface area contributed by atoms with Crippen LogP contribution >= 0.6 is 0 Å². The number of hydrogen-bond acceptors (Lipinski definition) is 3. The van der Waals surface area contributed by atoms with Gasteiger partial charge in [-0.15, -0.1) is 0 Å². The molecule has 20 heavy (non-hydrogen) atoms. The Labute approximate surface area is 122 Å². The number of hydrogen-bond donors (Lipinski definition) is 1. The van der Waals surface area contributed by atoms with Crippen molar-refractivity contribution in [2.75, 3.05) is 0 Å². The van der Waals surface area contributed by atoms with Crippen molar-refractivity contribution in [2.24, 2.45) is 0 Å². The fourth-order valence-corrected chi connectivity index (χ4v) is 2.45. The van der Waals surface area contributed by atoms with Crippen molar-refractivity contribution < 1.29 is 14.4 Å². The van der Waals surface area contributed by atoms with Gasteiger partial charge in [-0.05, 0) is 51.7 Å². The van der Waals surface area contributed by atoms with E-state index >= 15 is 0 Å². The van der Waals surface area contributed by atoms with Crippen LogP contribution in [-0.4, -0.2) is 23.4 Å². The van der Waals surface area contributed by atoms with Gasteiger partial charge in [0.15, 0.2) is 0 Å². The molecule has 0 amide bonds. The van der Waals surface area contributed by atoms with Gasteiger partial charge >= 0.3 is 7.12 Å². The Morgan fingerprint density at radius 2 is 1.55 bits per heavy atom. The normalized spacial score (nSPS) is 20.7. The van der Waals surface area contributed by atoms with E-state index in [4.69, 9.17) is 9.31 Å². The van der Waals surface area contributed by atoms with Crippen LogP contribution in [0.1, 0.15) is 58.6 Å². The highest BCUT2D eigenvalue weighted by molar-refractivity contribution is 6.63. The number of rotatable bonds is 2. The highest BCUT2D eigenvalue weighted by Crippen LogP contribution is 2.38. The second-order valence-electron chi connectivity index (χ2n) is 6.98. The molecule has 0 radical (unpaired) electrons. The highest BCUT2D eigenvalue weighted by atomic mass is 16.7. The fourth-order valence-electron chi connectivity index (χ4n) is 2.45. The number of aryl methyl sites for hydroxylation is 1. The van der Waals surface area contributed by atoms with Gasteiger partial charge in [0, 0.05) is 5.46 Å². The molecule has 1 aliphatic rings. The lowest BCUT2D eigenvalue weighted by molar-refractivity contribution is 0.00578. The maximum atomic E-state index is 10.6. The van der Waals surface area contributed by atoms with Gasteiger partial charge in [-0.25, -0.2) is 0 Å². The van der Waals surface area contributed by atoms with Gasteiger partial charge in [-0.3, -0.25) is 0 Å². The molecule has 0 aliphatic carbocycles. The van der Waals surface area contributed by atoms with E-state index in [1.807, 2.05) is 46.8 Å². The van der Waals surface area contributed by atoms with Gasteiger partial charge in [-0.1, -0.05) is 26.0 Å². The predicted octanol–water partition coefficient (Wildman–Crippen LogP) is 3.12. The SMILES string of the molecule is Cc1ccc(C(C)C)c(O)c1B1OC(C)(C)C(C)(C)O1. The molecule has 0 unspecified atom stereocenters. The molecular weight excluding hydrogens is 251 g/mol. The Morgan fingerprint density at radius 1 is 1.05 bits per heavy atom. The topological polar surface area (TPSA) is 38.7 Å². The molecule has 0 saturated carbocycles. The van der Waals surface area contributed by atoms with E-state index < -0.39 is 18.3 Å². The van der Waals surface area contributed by atoms with Crippen molar-refractivity contribution >= 4 is 12.6 Å². The molecule has 1 aromatic rings. The monoisotopic (exact) mass is 276 g/mol. The molecule has 1 aliphatic heterocycles. The first-order chi connectivity index (χ1) is 9.07. The first kappa shape index (κ1) is 15.4. The maximum Gasteiger partial charge on any atom is 0.498 e. The van der Waals surface area contributed by atoms with E-state index in [2.05, 4.69) is 13.8 Å². The van der Waals surface area contributed by atoms with Gasteiger partial charge in [-0.2, -0.15) is 0 Å². The van der Waals surface area contributed by atoms with Gasteiger partial charge in [0.25, 0.3) is 0 Å². The Balaban J connectivity index is 2.47. The molecular formula is C16H25BO3. The third-order valence-corrected chi connectivity index (χ3v) is 4.58. The predicted molar refractivity (Wildman–Crippen MR) is 82.6 cm³/mol. The molecule has 0 aromatic heterocycles. The van der Waals surface area contributed by atoms with Crippen LogP contribution in [0.25, 0.3) is 0 Å². The fraction of sp³-hybridized carbons (Fsp3) is 0.625. The zero-order valence-electron chi connectivity index (χ0n) is 13.6. The lowest BCUT2D eigenvalue weighted by Crippen LogP contribution is -2.41. The molecule has 2 rings (SSSR count). The lowest BCUT2D eigenvalue weighted by atomic mass is 9.73. The minimum Gasteiger partial charge on any atom is -0.508 e. The van der Waals surface area contributed by atoms with Crippen molar-refractivity contribution in [3.63, 3.8) is 0 Å². The van der Waals surface area contributed by atoms with Crippen molar-refractivity contribution in [1.29, 1.82) is 0 Å². The van der Waals surface area contributed by atoms with Gasteiger partial charge in [0.2, 0.25) is 0 Å². The molecule has 0 spiro atoms. The summed E-state index contributed by atoms with van der Waals surface area (Å²) in [4.78, 5) is 0.